The molecule has 1 aliphatic rings. The van der Waals surface area contributed by atoms with Gasteiger partial charge in [-0.15, -0.1) is 0 Å². The summed E-state index contributed by atoms with van der Waals surface area (Å²) in [5.41, 5.74) is 14.7. The number of carbonyl (C=O) groups is 1. The van der Waals surface area contributed by atoms with Crippen LogP contribution in [-0.2, 0) is 16.6 Å². The summed E-state index contributed by atoms with van der Waals surface area (Å²) in [4.78, 5) is 11.6. The van der Waals surface area contributed by atoms with E-state index in [1.165, 1.54) is 5.56 Å². The average Bonchev–Trinajstić information content (AvgIpc) is 2.98. The van der Waals surface area contributed by atoms with E-state index in [2.05, 4.69) is 6.07 Å². The van der Waals surface area contributed by atoms with Gasteiger partial charge in [0, 0.05) is 18.5 Å². The molecule has 1 heterocycles. The number of hydrogen-bond acceptors (Lipinski definition) is 3. The highest BCUT2D eigenvalue weighted by Crippen LogP contribution is 2.39. The Bertz CT molecular complexity index is 736. The lowest BCUT2D eigenvalue weighted by Gasteiger charge is -2.21. The van der Waals surface area contributed by atoms with Crippen molar-refractivity contribution in [2.24, 2.45) is 11.5 Å². The maximum atomic E-state index is 11.6. The Morgan fingerprint density at radius 1 is 1.22 bits per heavy atom. The van der Waals surface area contributed by atoms with E-state index in [1.54, 1.807) is 0 Å². The SMILES string of the molecule is CC(C)(C(N)=O)c1ccc(-c2cccc3c2OC(CN)C3)cc1. The Hall–Kier alpha value is -2.33. The van der Waals surface area contributed by atoms with Crippen LogP contribution in [0, 0.1) is 0 Å². The Morgan fingerprint density at radius 3 is 2.52 bits per heavy atom. The second kappa shape index (κ2) is 5.70. The molecule has 0 radical (unpaired) electrons. The lowest BCUT2D eigenvalue weighted by atomic mass is 9.83. The summed E-state index contributed by atoms with van der Waals surface area (Å²) in [6.45, 7) is 4.18. The number of primary amides is 1. The molecule has 0 bridgehead atoms. The minimum absolute atomic E-state index is 0.0548. The standard InChI is InChI=1S/C19H22N2O2/c1-19(2,18(21)22)14-8-6-12(7-9-14)16-5-3-4-13-10-15(11-20)23-17(13)16/h3-9,15H,10-11,20H2,1-2H3,(H2,21,22). The fourth-order valence-corrected chi connectivity index (χ4v) is 2.91. The summed E-state index contributed by atoms with van der Waals surface area (Å²) < 4.78 is 5.98. The monoisotopic (exact) mass is 310 g/mol. The number of hydrogen-bond donors (Lipinski definition) is 2. The Labute approximate surface area is 136 Å². The third-order valence-corrected chi connectivity index (χ3v) is 4.63. The van der Waals surface area contributed by atoms with Gasteiger partial charge in [0.25, 0.3) is 0 Å². The summed E-state index contributed by atoms with van der Waals surface area (Å²) in [7, 11) is 0. The zero-order valence-electron chi connectivity index (χ0n) is 13.5. The number of benzene rings is 2. The maximum Gasteiger partial charge on any atom is 0.227 e. The first kappa shape index (κ1) is 15.6. The summed E-state index contributed by atoms with van der Waals surface area (Å²) >= 11 is 0. The smallest absolute Gasteiger partial charge is 0.227 e. The highest BCUT2D eigenvalue weighted by Gasteiger charge is 2.28. The zero-order valence-corrected chi connectivity index (χ0v) is 13.5. The molecule has 1 atom stereocenters. The van der Waals surface area contributed by atoms with Gasteiger partial charge in [-0.25, -0.2) is 0 Å². The Balaban J connectivity index is 1.96. The van der Waals surface area contributed by atoms with Crippen LogP contribution in [0.3, 0.4) is 0 Å². The largest absolute Gasteiger partial charge is 0.488 e. The second-order valence-electron chi connectivity index (χ2n) is 6.54. The van der Waals surface area contributed by atoms with E-state index in [0.717, 1.165) is 28.9 Å². The minimum atomic E-state index is -0.682. The second-order valence-corrected chi connectivity index (χ2v) is 6.54. The first-order chi connectivity index (χ1) is 10.9. The number of rotatable bonds is 4. The van der Waals surface area contributed by atoms with Gasteiger partial charge < -0.3 is 16.2 Å². The van der Waals surface area contributed by atoms with Crippen LogP contribution in [0.2, 0.25) is 0 Å². The van der Waals surface area contributed by atoms with Crippen LogP contribution in [0.25, 0.3) is 11.1 Å². The van der Waals surface area contributed by atoms with Crippen LogP contribution in [0.1, 0.15) is 25.0 Å². The van der Waals surface area contributed by atoms with Gasteiger partial charge in [0.1, 0.15) is 11.9 Å². The van der Waals surface area contributed by atoms with Gasteiger partial charge in [-0.05, 0) is 30.5 Å². The molecule has 1 amide bonds. The first-order valence-electron chi connectivity index (χ1n) is 7.83. The van der Waals surface area contributed by atoms with Gasteiger partial charge in [-0.2, -0.15) is 0 Å². The number of carbonyl (C=O) groups excluding carboxylic acids is 1. The summed E-state index contributed by atoms with van der Waals surface area (Å²) in [6, 6.07) is 14.1. The molecule has 0 aliphatic carbocycles. The lowest BCUT2D eigenvalue weighted by molar-refractivity contribution is -0.122. The number of fused-ring (bicyclic) bond motifs is 1. The molecular formula is C19H22N2O2. The molecule has 0 spiro atoms. The van der Waals surface area contributed by atoms with Gasteiger partial charge >= 0.3 is 0 Å². The normalized spacial score (nSPS) is 16.7. The fourth-order valence-electron chi connectivity index (χ4n) is 2.91. The van der Waals surface area contributed by atoms with E-state index in [4.69, 9.17) is 16.2 Å². The topological polar surface area (TPSA) is 78.3 Å². The molecule has 2 aromatic carbocycles. The minimum Gasteiger partial charge on any atom is -0.488 e. The van der Waals surface area contributed by atoms with Gasteiger partial charge in [0.15, 0.2) is 0 Å². The van der Waals surface area contributed by atoms with E-state index in [-0.39, 0.29) is 12.0 Å². The van der Waals surface area contributed by atoms with Crippen LogP contribution < -0.4 is 16.2 Å². The highest BCUT2D eigenvalue weighted by atomic mass is 16.5. The quantitative estimate of drug-likeness (QED) is 0.910. The molecule has 3 rings (SSSR count). The van der Waals surface area contributed by atoms with Crippen molar-refractivity contribution in [3.05, 3.63) is 53.6 Å². The Morgan fingerprint density at radius 2 is 1.91 bits per heavy atom. The van der Waals surface area contributed by atoms with Crippen molar-refractivity contribution >= 4 is 5.91 Å². The van der Waals surface area contributed by atoms with Crippen LogP contribution in [0.5, 0.6) is 5.75 Å². The molecule has 4 nitrogen and oxygen atoms in total. The highest BCUT2D eigenvalue weighted by molar-refractivity contribution is 5.86. The first-order valence-corrected chi connectivity index (χ1v) is 7.83. The van der Waals surface area contributed by atoms with Gasteiger partial charge in [0.05, 0.1) is 5.41 Å². The molecule has 0 saturated carbocycles. The summed E-state index contributed by atoms with van der Waals surface area (Å²) in [6.07, 6.45) is 0.908. The van der Waals surface area contributed by atoms with Crippen molar-refractivity contribution in [3.8, 4) is 16.9 Å². The van der Waals surface area contributed by atoms with Crippen LogP contribution >= 0.6 is 0 Å². The van der Waals surface area contributed by atoms with Crippen molar-refractivity contribution in [1.29, 1.82) is 0 Å². The number of nitrogens with two attached hydrogens (primary N) is 2. The van der Waals surface area contributed by atoms with E-state index in [9.17, 15) is 4.79 Å². The van der Waals surface area contributed by atoms with Crippen molar-refractivity contribution in [2.75, 3.05) is 6.54 Å². The zero-order chi connectivity index (χ0) is 16.6. The summed E-state index contributed by atoms with van der Waals surface area (Å²) in [5, 5.41) is 0. The predicted octanol–water partition coefficient (Wildman–Crippen LogP) is 2.38. The maximum absolute atomic E-state index is 11.6. The third kappa shape index (κ3) is 2.70. The summed E-state index contributed by atoms with van der Waals surface area (Å²) in [5.74, 6) is 0.588. The fraction of sp³-hybridized carbons (Fsp3) is 0.316. The molecule has 4 N–H and O–H groups in total. The Kier molecular flexibility index (Phi) is 3.86. The molecule has 2 aromatic rings. The number of ether oxygens (including phenoxy) is 1. The molecule has 0 aromatic heterocycles. The number of para-hydroxylation sites is 1. The molecule has 1 aliphatic heterocycles. The third-order valence-electron chi connectivity index (χ3n) is 4.63. The average molecular weight is 310 g/mol. The van der Waals surface area contributed by atoms with Crippen LogP contribution in [-0.4, -0.2) is 18.6 Å². The molecule has 23 heavy (non-hydrogen) atoms. The van der Waals surface area contributed by atoms with E-state index >= 15 is 0 Å². The molecule has 4 heteroatoms. The molecule has 0 saturated heterocycles. The van der Waals surface area contributed by atoms with E-state index in [1.807, 2.05) is 50.2 Å². The molecule has 0 fully saturated rings. The van der Waals surface area contributed by atoms with Gasteiger partial charge in [-0.3, -0.25) is 4.79 Å². The van der Waals surface area contributed by atoms with Crippen molar-refractivity contribution in [2.45, 2.75) is 31.8 Å². The van der Waals surface area contributed by atoms with Crippen molar-refractivity contribution in [3.63, 3.8) is 0 Å². The van der Waals surface area contributed by atoms with E-state index in [0.29, 0.717) is 6.54 Å². The van der Waals surface area contributed by atoms with Crippen molar-refractivity contribution in [1.82, 2.24) is 0 Å². The van der Waals surface area contributed by atoms with Gasteiger partial charge in [0.2, 0.25) is 5.91 Å². The van der Waals surface area contributed by atoms with Gasteiger partial charge in [-0.1, -0.05) is 42.5 Å². The predicted molar refractivity (Wildman–Crippen MR) is 91.3 cm³/mol. The van der Waals surface area contributed by atoms with Crippen molar-refractivity contribution < 1.29 is 9.53 Å². The van der Waals surface area contributed by atoms with Crippen LogP contribution in [0.4, 0.5) is 0 Å². The molecular weight excluding hydrogens is 288 g/mol. The number of amides is 1. The van der Waals surface area contributed by atoms with Crippen LogP contribution in [0.15, 0.2) is 42.5 Å². The lowest BCUT2D eigenvalue weighted by Crippen LogP contribution is -2.35. The molecule has 120 valence electrons. The van der Waals surface area contributed by atoms with E-state index < -0.39 is 5.41 Å². The molecule has 1 unspecified atom stereocenters.